The summed E-state index contributed by atoms with van der Waals surface area (Å²) in [6.07, 6.45) is 2.71. The molecule has 0 radical (unpaired) electrons. The molecule has 8 heteroatoms. The topological polar surface area (TPSA) is 85.1 Å². The van der Waals surface area contributed by atoms with Gasteiger partial charge >= 0.3 is 0 Å². The van der Waals surface area contributed by atoms with Gasteiger partial charge in [0.15, 0.2) is 11.6 Å². The number of nitrogens with two attached hydrogens (primary N) is 1. The molecule has 1 aromatic carbocycles. The van der Waals surface area contributed by atoms with Gasteiger partial charge in [0.2, 0.25) is 0 Å². The fourth-order valence-electron chi connectivity index (χ4n) is 1.41. The number of sulfonamides is 1. The normalized spacial score (nSPS) is 11.3. The van der Waals surface area contributed by atoms with Gasteiger partial charge in [-0.2, -0.15) is 0 Å². The lowest BCUT2D eigenvalue weighted by molar-refractivity contribution is 0.486. The third kappa shape index (κ3) is 2.79. The van der Waals surface area contributed by atoms with Crippen LogP contribution in [-0.4, -0.2) is 13.4 Å². The molecule has 0 aliphatic heterocycles. The van der Waals surface area contributed by atoms with Gasteiger partial charge in [0.05, 0.1) is 5.69 Å². The highest BCUT2D eigenvalue weighted by Gasteiger charge is 2.22. The van der Waals surface area contributed by atoms with Crippen LogP contribution in [0.3, 0.4) is 0 Å². The van der Waals surface area contributed by atoms with Crippen LogP contribution in [0.25, 0.3) is 0 Å². The lowest BCUT2D eigenvalue weighted by Crippen LogP contribution is -2.15. The molecule has 1 aromatic heterocycles. The van der Waals surface area contributed by atoms with Gasteiger partial charge in [-0.05, 0) is 24.3 Å². The second-order valence-corrected chi connectivity index (χ2v) is 5.31. The van der Waals surface area contributed by atoms with Crippen molar-refractivity contribution in [2.45, 2.75) is 4.90 Å². The second-order valence-electron chi connectivity index (χ2n) is 3.66. The summed E-state index contributed by atoms with van der Waals surface area (Å²) >= 11 is 0. The first-order chi connectivity index (χ1) is 8.90. The molecule has 0 fully saturated rings. The minimum absolute atomic E-state index is 0.178. The van der Waals surface area contributed by atoms with Gasteiger partial charge in [-0.25, -0.2) is 17.2 Å². The highest BCUT2D eigenvalue weighted by atomic mass is 32.2. The molecular formula is C11H9F2N3O2S. The third-order valence-corrected chi connectivity index (χ3v) is 3.62. The first-order valence-corrected chi connectivity index (χ1v) is 6.56. The van der Waals surface area contributed by atoms with Crippen molar-refractivity contribution >= 4 is 21.4 Å². The van der Waals surface area contributed by atoms with Crippen LogP contribution in [0.5, 0.6) is 0 Å². The van der Waals surface area contributed by atoms with Gasteiger partial charge in [0.25, 0.3) is 10.0 Å². The molecule has 0 atom stereocenters. The van der Waals surface area contributed by atoms with Crippen LogP contribution < -0.4 is 10.5 Å². The Balaban J connectivity index is 2.46. The molecule has 100 valence electrons. The number of hydrogen-bond donors (Lipinski definition) is 2. The summed E-state index contributed by atoms with van der Waals surface area (Å²) in [4.78, 5) is 2.86. The summed E-state index contributed by atoms with van der Waals surface area (Å²) in [6.45, 7) is 0. The molecule has 0 aliphatic rings. The Morgan fingerprint density at radius 1 is 1.16 bits per heavy atom. The standard InChI is InChI=1S/C11H9F2N3O2S/c12-9-5-7(14)6-10(11(9)13)19(17,18)16-8-1-3-15-4-2-8/h1-6H,14H2,(H,15,16). The zero-order valence-electron chi connectivity index (χ0n) is 9.47. The molecule has 5 nitrogen and oxygen atoms in total. The SMILES string of the molecule is Nc1cc(F)c(F)c(S(=O)(=O)Nc2ccncc2)c1. The van der Waals surface area contributed by atoms with Gasteiger partial charge < -0.3 is 5.73 Å². The van der Waals surface area contributed by atoms with Crippen molar-refractivity contribution in [3.05, 3.63) is 48.3 Å². The highest BCUT2D eigenvalue weighted by molar-refractivity contribution is 7.92. The monoisotopic (exact) mass is 285 g/mol. The maximum absolute atomic E-state index is 13.5. The van der Waals surface area contributed by atoms with Crippen molar-refractivity contribution in [2.24, 2.45) is 0 Å². The maximum atomic E-state index is 13.5. The van der Waals surface area contributed by atoms with Crippen molar-refractivity contribution in [3.63, 3.8) is 0 Å². The number of benzene rings is 1. The summed E-state index contributed by atoms with van der Waals surface area (Å²) in [7, 11) is -4.26. The Bertz CT molecular complexity index is 705. The van der Waals surface area contributed by atoms with E-state index < -0.39 is 26.6 Å². The first-order valence-electron chi connectivity index (χ1n) is 5.07. The van der Waals surface area contributed by atoms with E-state index in [2.05, 4.69) is 9.71 Å². The van der Waals surface area contributed by atoms with Gasteiger partial charge in [-0.3, -0.25) is 9.71 Å². The van der Waals surface area contributed by atoms with E-state index in [-0.39, 0.29) is 11.4 Å². The van der Waals surface area contributed by atoms with Crippen molar-refractivity contribution in [3.8, 4) is 0 Å². The van der Waals surface area contributed by atoms with E-state index in [1.165, 1.54) is 24.5 Å². The lowest BCUT2D eigenvalue weighted by atomic mass is 10.3. The fraction of sp³-hybridized carbons (Fsp3) is 0. The molecule has 2 aromatic rings. The number of halogens is 2. The number of nitrogens with one attached hydrogen (secondary N) is 1. The van der Waals surface area contributed by atoms with E-state index in [0.29, 0.717) is 6.07 Å². The molecule has 0 amide bonds. The van der Waals surface area contributed by atoms with Crippen LogP contribution in [0.4, 0.5) is 20.2 Å². The van der Waals surface area contributed by atoms with Crippen LogP contribution in [0, 0.1) is 11.6 Å². The average Bonchev–Trinajstić information content (AvgIpc) is 2.34. The Morgan fingerprint density at radius 3 is 2.42 bits per heavy atom. The minimum Gasteiger partial charge on any atom is -0.399 e. The minimum atomic E-state index is -4.26. The second kappa shape index (κ2) is 4.81. The van der Waals surface area contributed by atoms with Crippen molar-refractivity contribution < 1.29 is 17.2 Å². The average molecular weight is 285 g/mol. The van der Waals surface area contributed by atoms with Crippen LogP contribution >= 0.6 is 0 Å². The lowest BCUT2D eigenvalue weighted by Gasteiger charge is -2.09. The van der Waals surface area contributed by atoms with E-state index in [9.17, 15) is 17.2 Å². The van der Waals surface area contributed by atoms with Crippen LogP contribution in [0.2, 0.25) is 0 Å². The molecule has 0 unspecified atom stereocenters. The first kappa shape index (κ1) is 13.2. The summed E-state index contributed by atoms with van der Waals surface area (Å²) in [5.41, 5.74) is 5.30. The Kier molecular flexibility index (Phi) is 3.34. The molecule has 0 bridgehead atoms. The molecule has 0 saturated carbocycles. The van der Waals surface area contributed by atoms with Crippen molar-refractivity contribution in [2.75, 3.05) is 10.5 Å². The highest BCUT2D eigenvalue weighted by Crippen LogP contribution is 2.23. The van der Waals surface area contributed by atoms with Gasteiger partial charge in [-0.15, -0.1) is 0 Å². The molecule has 0 saturated heterocycles. The zero-order valence-corrected chi connectivity index (χ0v) is 10.3. The molecule has 0 spiro atoms. The third-order valence-electron chi connectivity index (χ3n) is 2.24. The number of aromatic nitrogens is 1. The summed E-state index contributed by atoms with van der Waals surface area (Å²) in [5, 5.41) is 0. The van der Waals surface area contributed by atoms with E-state index >= 15 is 0 Å². The number of rotatable bonds is 3. The molecule has 1 heterocycles. The van der Waals surface area contributed by atoms with E-state index in [1.54, 1.807) is 0 Å². The van der Waals surface area contributed by atoms with Gasteiger partial charge in [0, 0.05) is 18.1 Å². The zero-order chi connectivity index (χ0) is 14.0. The number of hydrogen-bond acceptors (Lipinski definition) is 4. The molecule has 3 N–H and O–H groups in total. The summed E-state index contributed by atoms with van der Waals surface area (Å²) in [5.74, 6) is -2.80. The van der Waals surface area contributed by atoms with Gasteiger partial charge in [-0.1, -0.05) is 0 Å². The Hall–Kier alpha value is -2.22. The van der Waals surface area contributed by atoms with Crippen LogP contribution in [0.15, 0.2) is 41.6 Å². The Morgan fingerprint density at radius 2 is 1.79 bits per heavy atom. The molecule has 0 aliphatic carbocycles. The van der Waals surface area contributed by atoms with E-state index in [1.807, 2.05) is 0 Å². The predicted octanol–water partition coefficient (Wildman–Crippen LogP) is 1.74. The number of nitrogens with zero attached hydrogens (tertiary/aromatic N) is 1. The molecule has 2 rings (SSSR count). The summed E-state index contributed by atoms with van der Waals surface area (Å²) in [6, 6.07) is 4.30. The van der Waals surface area contributed by atoms with Crippen molar-refractivity contribution in [1.82, 2.24) is 4.98 Å². The molecular weight excluding hydrogens is 276 g/mol. The van der Waals surface area contributed by atoms with E-state index in [4.69, 9.17) is 5.73 Å². The number of nitrogen functional groups attached to an aromatic ring is 1. The molecule has 19 heavy (non-hydrogen) atoms. The fourth-order valence-corrected chi connectivity index (χ4v) is 2.59. The number of anilines is 2. The summed E-state index contributed by atoms with van der Waals surface area (Å²) < 4.78 is 52.6. The van der Waals surface area contributed by atoms with E-state index in [0.717, 1.165) is 6.07 Å². The largest absolute Gasteiger partial charge is 0.399 e. The van der Waals surface area contributed by atoms with Gasteiger partial charge in [0.1, 0.15) is 4.90 Å². The van der Waals surface area contributed by atoms with Crippen LogP contribution in [-0.2, 0) is 10.0 Å². The van der Waals surface area contributed by atoms with Crippen LogP contribution in [0.1, 0.15) is 0 Å². The Labute approximate surface area is 108 Å². The quantitative estimate of drug-likeness (QED) is 0.841. The maximum Gasteiger partial charge on any atom is 0.265 e. The van der Waals surface area contributed by atoms with Crippen molar-refractivity contribution in [1.29, 1.82) is 0 Å². The smallest absolute Gasteiger partial charge is 0.265 e. The number of pyridine rings is 1. The predicted molar refractivity (Wildman–Crippen MR) is 65.8 cm³/mol.